The highest BCUT2D eigenvalue weighted by Crippen LogP contribution is 2.32. The van der Waals surface area contributed by atoms with Crippen molar-refractivity contribution in [2.24, 2.45) is 0 Å². The minimum Gasteiger partial charge on any atom is -0.486 e. The summed E-state index contributed by atoms with van der Waals surface area (Å²) in [5.74, 6) is 1.38. The van der Waals surface area contributed by atoms with E-state index in [1.165, 1.54) is 12.1 Å². The number of benzene rings is 1. The van der Waals surface area contributed by atoms with Crippen molar-refractivity contribution >= 4 is 21.6 Å². The molecule has 1 aliphatic heterocycles. The fraction of sp³-hybridized carbons (Fsp3) is 0.500. The summed E-state index contributed by atoms with van der Waals surface area (Å²) in [6.45, 7) is 1.74. The number of rotatable bonds is 7. The maximum absolute atomic E-state index is 12.1. The second kappa shape index (κ2) is 7.12. The first-order valence-electron chi connectivity index (χ1n) is 6.16. The van der Waals surface area contributed by atoms with Crippen LogP contribution in [0.1, 0.15) is 0 Å². The lowest BCUT2D eigenvalue weighted by atomic mass is 10.3. The molecule has 1 aliphatic rings. The number of alkyl halides is 1. The van der Waals surface area contributed by atoms with Crippen molar-refractivity contribution in [1.82, 2.24) is 4.72 Å². The van der Waals surface area contributed by atoms with E-state index in [2.05, 4.69) is 4.72 Å². The van der Waals surface area contributed by atoms with Gasteiger partial charge in [-0.05, 0) is 12.1 Å². The Hall–Kier alpha value is -1.02. The molecule has 20 heavy (non-hydrogen) atoms. The van der Waals surface area contributed by atoms with Crippen molar-refractivity contribution < 1.29 is 22.6 Å². The molecule has 0 atom stereocenters. The Kier molecular flexibility index (Phi) is 5.47. The summed E-state index contributed by atoms with van der Waals surface area (Å²) in [5, 5.41) is 0. The Morgan fingerprint density at radius 2 is 1.95 bits per heavy atom. The molecule has 0 unspecified atom stereocenters. The third-order valence-electron chi connectivity index (χ3n) is 2.58. The van der Waals surface area contributed by atoms with Crippen molar-refractivity contribution in [1.29, 1.82) is 0 Å². The van der Waals surface area contributed by atoms with Crippen LogP contribution in [-0.2, 0) is 14.8 Å². The lowest BCUT2D eigenvalue weighted by molar-refractivity contribution is 0.155. The van der Waals surface area contributed by atoms with E-state index >= 15 is 0 Å². The van der Waals surface area contributed by atoms with Gasteiger partial charge in [0.15, 0.2) is 11.5 Å². The molecule has 6 nitrogen and oxygen atoms in total. The fourth-order valence-electron chi connectivity index (χ4n) is 1.68. The second-order valence-electron chi connectivity index (χ2n) is 4.00. The standard InChI is InChI=1S/C12H16ClNO5S/c13-3-5-17-6-4-14-20(15,16)10-1-2-11-12(9-10)19-8-7-18-11/h1-2,9,14H,3-8H2. The number of hydrogen-bond donors (Lipinski definition) is 1. The van der Waals surface area contributed by atoms with Crippen LogP contribution in [-0.4, -0.2) is 47.3 Å². The van der Waals surface area contributed by atoms with Gasteiger partial charge in [0.25, 0.3) is 0 Å². The van der Waals surface area contributed by atoms with Crippen LogP contribution in [0.5, 0.6) is 11.5 Å². The lowest BCUT2D eigenvalue weighted by Crippen LogP contribution is -2.28. The van der Waals surface area contributed by atoms with Gasteiger partial charge in [-0.15, -0.1) is 11.6 Å². The van der Waals surface area contributed by atoms with Crippen LogP contribution in [0.4, 0.5) is 0 Å². The van der Waals surface area contributed by atoms with Crippen molar-refractivity contribution in [2.75, 3.05) is 38.9 Å². The van der Waals surface area contributed by atoms with Gasteiger partial charge in [0.2, 0.25) is 10.0 Å². The molecule has 0 aliphatic carbocycles. The molecule has 112 valence electrons. The van der Waals surface area contributed by atoms with Gasteiger partial charge in [0, 0.05) is 18.5 Å². The lowest BCUT2D eigenvalue weighted by Gasteiger charge is -2.18. The van der Waals surface area contributed by atoms with Crippen LogP contribution in [0.3, 0.4) is 0 Å². The van der Waals surface area contributed by atoms with E-state index in [4.69, 9.17) is 25.8 Å². The fourth-order valence-corrected chi connectivity index (χ4v) is 2.82. The van der Waals surface area contributed by atoms with Crippen molar-refractivity contribution in [3.05, 3.63) is 18.2 Å². The normalized spacial score (nSPS) is 14.2. The quantitative estimate of drug-likeness (QED) is 0.599. The number of sulfonamides is 1. The molecule has 0 saturated carbocycles. The Morgan fingerprint density at radius 1 is 1.20 bits per heavy atom. The average Bonchev–Trinajstić information content (AvgIpc) is 2.46. The van der Waals surface area contributed by atoms with Crippen molar-refractivity contribution in [3.8, 4) is 11.5 Å². The predicted molar refractivity (Wildman–Crippen MR) is 74.2 cm³/mol. The van der Waals surface area contributed by atoms with Crippen LogP contribution in [0.25, 0.3) is 0 Å². The van der Waals surface area contributed by atoms with Gasteiger partial charge in [0.1, 0.15) is 13.2 Å². The highest BCUT2D eigenvalue weighted by Gasteiger charge is 2.18. The van der Waals surface area contributed by atoms with E-state index < -0.39 is 10.0 Å². The molecule has 1 N–H and O–H groups in total. The predicted octanol–water partition coefficient (Wildman–Crippen LogP) is 0.991. The average molecular weight is 322 g/mol. The molecule has 0 radical (unpaired) electrons. The number of hydrogen-bond acceptors (Lipinski definition) is 5. The largest absolute Gasteiger partial charge is 0.486 e. The van der Waals surface area contributed by atoms with Crippen LogP contribution in [0.15, 0.2) is 23.1 Å². The smallest absolute Gasteiger partial charge is 0.240 e. The number of nitrogens with one attached hydrogen (secondary N) is 1. The third kappa shape index (κ3) is 3.99. The molecule has 8 heteroatoms. The zero-order valence-corrected chi connectivity index (χ0v) is 12.4. The van der Waals surface area contributed by atoms with Crippen molar-refractivity contribution in [3.63, 3.8) is 0 Å². The molecule has 1 aromatic rings. The van der Waals surface area contributed by atoms with Crippen LogP contribution in [0.2, 0.25) is 0 Å². The van der Waals surface area contributed by atoms with Crippen molar-refractivity contribution in [2.45, 2.75) is 4.90 Å². The number of fused-ring (bicyclic) bond motifs is 1. The maximum atomic E-state index is 12.1. The van der Waals surface area contributed by atoms with E-state index in [0.717, 1.165) is 0 Å². The maximum Gasteiger partial charge on any atom is 0.240 e. The van der Waals surface area contributed by atoms with Gasteiger partial charge in [-0.3, -0.25) is 0 Å². The molecule has 2 rings (SSSR count). The molecule has 1 aromatic carbocycles. The highest BCUT2D eigenvalue weighted by atomic mass is 35.5. The molecule has 0 saturated heterocycles. The summed E-state index contributed by atoms with van der Waals surface area (Å²) in [7, 11) is -3.58. The Labute approximate surface area is 123 Å². The topological polar surface area (TPSA) is 73.9 Å². The third-order valence-corrected chi connectivity index (χ3v) is 4.20. The second-order valence-corrected chi connectivity index (χ2v) is 6.15. The van der Waals surface area contributed by atoms with Gasteiger partial charge < -0.3 is 14.2 Å². The Morgan fingerprint density at radius 3 is 2.70 bits per heavy atom. The Balaban J connectivity index is 1.98. The highest BCUT2D eigenvalue weighted by molar-refractivity contribution is 7.89. The summed E-state index contributed by atoms with van der Waals surface area (Å²) >= 11 is 5.44. The summed E-state index contributed by atoms with van der Waals surface area (Å²) in [5.41, 5.74) is 0. The molecule has 0 fully saturated rings. The molecule has 0 spiro atoms. The van der Waals surface area contributed by atoms with E-state index in [9.17, 15) is 8.42 Å². The number of ether oxygens (including phenoxy) is 3. The first-order chi connectivity index (χ1) is 9.63. The summed E-state index contributed by atoms with van der Waals surface area (Å²) in [4.78, 5) is 0.138. The van der Waals surface area contributed by atoms with Gasteiger partial charge in [-0.2, -0.15) is 0 Å². The monoisotopic (exact) mass is 321 g/mol. The summed E-state index contributed by atoms with van der Waals surface area (Å²) in [6.07, 6.45) is 0. The van der Waals surface area contributed by atoms with Crippen LogP contribution in [0, 0.1) is 0 Å². The van der Waals surface area contributed by atoms with E-state index in [1.807, 2.05) is 0 Å². The van der Waals surface area contributed by atoms with Gasteiger partial charge >= 0.3 is 0 Å². The summed E-state index contributed by atoms with van der Waals surface area (Å²) in [6, 6.07) is 4.53. The van der Waals surface area contributed by atoms with E-state index in [1.54, 1.807) is 6.07 Å². The zero-order chi connectivity index (χ0) is 14.4. The minimum absolute atomic E-state index is 0.138. The first kappa shape index (κ1) is 15.4. The first-order valence-corrected chi connectivity index (χ1v) is 8.18. The van der Waals surface area contributed by atoms with Crippen LogP contribution < -0.4 is 14.2 Å². The van der Waals surface area contributed by atoms with E-state index in [-0.39, 0.29) is 18.0 Å². The molecule has 0 amide bonds. The molecular formula is C12H16ClNO5S. The van der Waals surface area contributed by atoms with Crippen LogP contribution >= 0.6 is 11.6 Å². The molecular weight excluding hydrogens is 306 g/mol. The van der Waals surface area contributed by atoms with Gasteiger partial charge in [0.05, 0.1) is 18.1 Å². The Bertz CT molecular complexity index is 549. The minimum atomic E-state index is -3.58. The molecule has 1 heterocycles. The summed E-state index contributed by atoms with van der Waals surface area (Å²) < 4.78 is 42.4. The van der Waals surface area contributed by atoms with E-state index in [0.29, 0.717) is 37.2 Å². The number of halogens is 1. The zero-order valence-electron chi connectivity index (χ0n) is 10.8. The SMILES string of the molecule is O=S(=O)(NCCOCCCl)c1ccc2c(c1)OCCO2. The molecule has 0 aromatic heterocycles. The van der Waals surface area contributed by atoms with Gasteiger partial charge in [-0.1, -0.05) is 0 Å². The molecule has 0 bridgehead atoms. The van der Waals surface area contributed by atoms with Gasteiger partial charge in [-0.25, -0.2) is 13.1 Å².